The summed E-state index contributed by atoms with van der Waals surface area (Å²) in [6, 6.07) is 10.7. The summed E-state index contributed by atoms with van der Waals surface area (Å²) in [6.07, 6.45) is 2.08. The minimum Gasteiger partial charge on any atom is -0.395 e. The lowest BCUT2D eigenvalue weighted by atomic mass is 10.1. The van der Waals surface area contributed by atoms with Crippen LogP contribution in [0.3, 0.4) is 0 Å². The van der Waals surface area contributed by atoms with Crippen molar-refractivity contribution in [1.82, 2.24) is 24.6 Å². The van der Waals surface area contributed by atoms with Crippen LogP contribution in [0.4, 0.5) is 0 Å². The normalized spacial score (nSPS) is 22.0. The number of β-amino-alcohol motifs (C(OH)–C–C–N with tert-alkyl or cyclic N) is 1. The highest BCUT2D eigenvalue weighted by atomic mass is 16.3. The monoisotopic (exact) mass is 341 g/mol. The average Bonchev–Trinajstić information content (AvgIpc) is 3.20. The van der Waals surface area contributed by atoms with E-state index in [0.717, 1.165) is 70.3 Å². The van der Waals surface area contributed by atoms with Gasteiger partial charge < -0.3 is 9.67 Å². The molecule has 6 nitrogen and oxygen atoms in total. The molecule has 134 valence electrons. The Morgan fingerprint density at radius 3 is 2.72 bits per heavy atom. The summed E-state index contributed by atoms with van der Waals surface area (Å²) < 4.78 is 2.34. The maximum atomic E-state index is 9.17. The highest BCUT2D eigenvalue weighted by molar-refractivity contribution is 5.15. The van der Waals surface area contributed by atoms with Gasteiger partial charge in [0.2, 0.25) is 0 Å². The molecule has 0 saturated carbocycles. The third-order valence-corrected chi connectivity index (χ3v) is 5.45. The third-order valence-electron chi connectivity index (χ3n) is 5.45. The first kappa shape index (κ1) is 16.7. The molecule has 3 heterocycles. The average molecular weight is 341 g/mol. The van der Waals surface area contributed by atoms with Crippen molar-refractivity contribution in [3.63, 3.8) is 0 Å². The van der Waals surface area contributed by atoms with E-state index in [1.54, 1.807) is 0 Å². The Labute approximate surface area is 149 Å². The molecule has 0 aliphatic carbocycles. The van der Waals surface area contributed by atoms with Crippen LogP contribution >= 0.6 is 0 Å². The number of nitrogens with zero attached hydrogens (tertiary/aromatic N) is 5. The molecule has 1 saturated heterocycles. The highest BCUT2D eigenvalue weighted by Crippen LogP contribution is 2.28. The number of fused-ring (bicyclic) bond motifs is 1. The lowest BCUT2D eigenvalue weighted by molar-refractivity contribution is 0.198. The molecular weight excluding hydrogens is 314 g/mol. The molecule has 2 aromatic rings. The second kappa shape index (κ2) is 7.64. The fraction of sp³-hybridized carbons (Fsp3) is 0.579. The van der Waals surface area contributed by atoms with E-state index in [9.17, 15) is 5.11 Å². The van der Waals surface area contributed by atoms with Crippen LogP contribution in [0.15, 0.2) is 30.3 Å². The Kier molecular flexibility index (Phi) is 5.10. The van der Waals surface area contributed by atoms with Crippen LogP contribution in [0.25, 0.3) is 0 Å². The molecule has 6 heteroatoms. The van der Waals surface area contributed by atoms with Gasteiger partial charge in [0.25, 0.3) is 0 Å². The van der Waals surface area contributed by atoms with Crippen molar-refractivity contribution in [3.8, 4) is 0 Å². The number of hydrogen-bond donors (Lipinski definition) is 1. The zero-order valence-electron chi connectivity index (χ0n) is 14.7. The molecule has 1 N–H and O–H groups in total. The molecule has 1 atom stereocenters. The molecule has 1 aromatic carbocycles. The van der Waals surface area contributed by atoms with E-state index in [0.29, 0.717) is 5.92 Å². The Bertz CT molecular complexity index is 686. The molecule has 0 radical (unpaired) electrons. The van der Waals surface area contributed by atoms with Crippen LogP contribution in [0.2, 0.25) is 0 Å². The molecule has 2 aliphatic rings. The number of rotatable bonds is 5. The van der Waals surface area contributed by atoms with E-state index >= 15 is 0 Å². The van der Waals surface area contributed by atoms with Crippen LogP contribution in [0.5, 0.6) is 0 Å². The lowest BCUT2D eigenvalue weighted by Crippen LogP contribution is -2.30. The van der Waals surface area contributed by atoms with Crippen molar-refractivity contribution in [2.24, 2.45) is 0 Å². The van der Waals surface area contributed by atoms with Crippen molar-refractivity contribution in [3.05, 3.63) is 47.5 Å². The number of aliphatic hydroxyl groups is 1. The zero-order chi connectivity index (χ0) is 17.1. The first-order valence-corrected chi connectivity index (χ1v) is 9.35. The summed E-state index contributed by atoms with van der Waals surface area (Å²) >= 11 is 0. The Balaban J connectivity index is 1.41. The minimum atomic E-state index is 0.227. The number of likely N-dealkylation sites (tertiary alicyclic amines) is 1. The minimum absolute atomic E-state index is 0.227. The second-order valence-corrected chi connectivity index (χ2v) is 7.15. The summed E-state index contributed by atoms with van der Waals surface area (Å²) in [5, 5.41) is 18.2. The van der Waals surface area contributed by atoms with E-state index in [4.69, 9.17) is 0 Å². The van der Waals surface area contributed by atoms with Crippen LogP contribution in [0.1, 0.15) is 29.6 Å². The molecule has 0 spiro atoms. The van der Waals surface area contributed by atoms with Crippen LogP contribution < -0.4 is 0 Å². The van der Waals surface area contributed by atoms with Crippen molar-refractivity contribution in [2.45, 2.75) is 31.8 Å². The van der Waals surface area contributed by atoms with Crippen molar-refractivity contribution < 1.29 is 5.11 Å². The van der Waals surface area contributed by atoms with Crippen LogP contribution in [-0.4, -0.2) is 69.0 Å². The van der Waals surface area contributed by atoms with Gasteiger partial charge in [-0.1, -0.05) is 30.3 Å². The molecule has 1 fully saturated rings. The van der Waals surface area contributed by atoms with Gasteiger partial charge >= 0.3 is 0 Å². The van der Waals surface area contributed by atoms with Gasteiger partial charge in [0.15, 0.2) is 0 Å². The number of aliphatic hydroxyl groups excluding tert-OH is 1. The fourth-order valence-corrected chi connectivity index (χ4v) is 4.08. The van der Waals surface area contributed by atoms with Gasteiger partial charge in [-0.15, -0.1) is 10.2 Å². The summed E-state index contributed by atoms with van der Waals surface area (Å²) in [5.41, 5.74) is 1.38. The van der Waals surface area contributed by atoms with E-state index in [-0.39, 0.29) is 6.61 Å². The quantitative estimate of drug-likeness (QED) is 0.883. The topological polar surface area (TPSA) is 57.4 Å². The number of hydrogen-bond acceptors (Lipinski definition) is 5. The summed E-state index contributed by atoms with van der Waals surface area (Å²) in [7, 11) is 0. The molecule has 0 bridgehead atoms. The molecule has 1 unspecified atom stereocenters. The molecule has 1 aromatic heterocycles. The number of aromatic nitrogens is 3. The van der Waals surface area contributed by atoms with Gasteiger partial charge in [0, 0.05) is 51.6 Å². The van der Waals surface area contributed by atoms with E-state index < -0.39 is 0 Å². The molecule has 25 heavy (non-hydrogen) atoms. The molecular formula is C19H27N5O. The van der Waals surface area contributed by atoms with Gasteiger partial charge in [0.1, 0.15) is 11.6 Å². The standard InChI is InChI=1S/C19H27N5O/c25-13-12-22-9-7-18-20-21-19(24(18)11-10-22)17-6-8-23(15-17)14-16-4-2-1-3-5-16/h1-5,17,25H,6-15H2. The smallest absolute Gasteiger partial charge is 0.137 e. The van der Waals surface area contributed by atoms with E-state index in [2.05, 4.69) is 54.9 Å². The second-order valence-electron chi connectivity index (χ2n) is 7.15. The van der Waals surface area contributed by atoms with Gasteiger partial charge in [-0.2, -0.15) is 0 Å². The third kappa shape index (κ3) is 3.76. The van der Waals surface area contributed by atoms with E-state index in [1.165, 1.54) is 5.56 Å². The largest absolute Gasteiger partial charge is 0.395 e. The summed E-state index contributed by atoms with van der Waals surface area (Å²) in [6.45, 7) is 7.05. The van der Waals surface area contributed by atoms with Crippen molar-refractivity contribution in [2.75, 3.05) is 39.3 Å². The van der Waals surface area contributed by atoms with Gasteiger partial charge in [-0.3, -0.25) is 9.80 Å². The maximum Gasteiger partial charge on any atom is 0.137 e. The van der Waals surface area contributed by atoms with Crippen molar-refractivity contribution >= 4 is 0 Å². The van der Waals surface area contributed by atoms with Crippen LogP contribution in [0, 0.1) is 0 Å². The Morgan fingerprint density at radius 2 is 1.88 bits per heavy atom. The predicted octanol–water partition coefficient (Wildman–Crippen LogP) is 1.12. The lowest BCUT2D eigenvalue weighted by Gasteiger charge is -2.18. The van der Waals surface area contributed by atoms with Gasteiger partial charge in [0.05, 0.1) is 6.61 Å². The summed E-state index contributed by atoms with van der Waals surface area (Å²) in [5.74, 6) is 2.75. The van der Waals surface area contributed by atoms with Gasteiger partial charge in [-0.05, 0) is 18.5 Å². The van der Waals surface area contributed by atoms with E-state index in [1.807, 2.05) is 0 Å². The maximum absolute atomic E-state index is 9.17. The van der Waals surface area contributed by atoms with Crippen LogP contribution in [-0.2, 0) is 19.5 Å². The first-order chi connectivity index (χ1) is 12.3. The first-order valence-electron chi connectivity index (χ1n) is 9.35. The predicted molar refractivity (Wildman–Crippen MR) is 96.3 cm³/mol. The zero-order valence-corrected chi connectivity index (χ0v) is 14.7. The molecule has 0 amide bonds. The Morgan fingerprint density at radius 1 is 1.00 bits per heavy atom. The summed E-state index contributed by atoms with van der Waals surface area (Å²) in [4.78, 5) is 4.84. The van der Waals surface area contributed by atoms with Gasteiger partial charge in [-0.25, -0.2) is 0 Å². The fourth-order valence-electron chi connectivity index (χ4n) is 4.08. The highest BCUT2D eigenvalue weighted by Gasteiger charge is 2.29. The molecule has 2 aliphatic heterocycles. The Hall–Kier alpha value is -1.76. The number of benzene rings is 1. The molecule has 4 rings (SSSR count). The van der Waals surface area contributed by atoms with Crippen molar-refractivity contribution in [1.29, 1.82) is 0 Å². The SMILES string of the molecule is OCCN1CCc2nnc(C3CCN(Cc4ccccc4)C3)n2CC1.